The number of aliphatic hydroxyl groups is 3. The van der Waals surface area contributed by atoms with Gasteiger partial charge in [-0.25, -0.2) is 29.3 Å². The van der Waals surface area contributed by atoms with E-state index in [9.17, 15) is 58.5 Å². The zero-order valence-corrected chi connectivity index (χ0v) is 78.6. The van der Waals surface area contributed by atoms with Crippen molar-refractivity contribution >= 4 is 154 Å². The number of alkyl halides is 1. The lowest BCUT2D eigenvalue weighted by atomic mass is 9.45. The van der Waals surface area contributed by atoms with Crippen LogP contribution in [0.5, 0.6) is 0 Å². The number of rotatable bonds is 18. The third kappa shape index (κ3) is 14.8. The third-order valence-corrected chi connectivity index (χ3v) is 39.8. The minimum Gasteiger partial charge on any atom is -0.457 e. The molecule has 0 radical (unpaired) electrons. The summed E-state index contributed by atoms with van der Waals surface area (Å²) in [5.74, 6) is -2.70. The van der Waals surface area contributed by atoms with Gasteiger partial charge in [0.15, 0.2) is 60.2 Å². The molecule has 9 fully saturated rings. The van der Waals surface area contributed by atoms with Gasteiger partial charge in [-0.2, -0.15) is 0 Å². The molecule has 9 aromatic rings. The van der Waals surface area contributed by atoms with E-state index in [1.54, 1.807) is 66.0 Å². The van der Waals surface area contributed by atoms with Crippen LogP contribution in [0.3, 0.4) is 0 Å². The number of halogens is 1. The van der Waals surface area contributed by atoms with Crippen molar-refractivity contribution in [1.29, 1.82) is 0 Å². The zero-order valence-electron chi connectivity index (χ0n) is 73.8. The fourth-order valence-corrected chi connectivity index (χ4v) is 33.1. The number of aromatic nitrogens is 3. The molecule has 0 spiro atoms. The quantitative estimate of drug-likeness (QED) is 0.0311. The van der Waals surface area contributed by atoms with Crippen LogP contribution in [0.1, 0.15) is 191 Å². The highest BCUT2D eigenvalue weighted by molar-refractivity contribution is 8.02. The van der Waals surface area contributed by atoms with Crippen LogP contribution in [-0.2, 0) is 43.0 Å². The summed E-state index contributed by atoms with van der Waals surface area (Å²) in [5, 5.41) is 37.7. The Balaban J connectivity index is 0.000000132. The molecular weight excluding hydrogens is 1770 g/mol. The number of furan rings is 3. The van der Waals surface area contributed by atoms with Crippen LogP contribution in [0, 0.1) is 91.7 Å². The predicted molar refractivity (Wildman–Crippen MR) is 504 cm³/mol. The van der Waals surface area contributed by atoms with Gasteiger partial charge >= 0.3 is 17.9 Å². The van der Waals surface area contributed by atoms with E-state index < -0.39 is 85.0 Å². The van der Waals surface area contributed by atoms with Crippen molar-refractivity contribution in [3.05, 3.63) is 217 Å². The molecule has 3 aromatic carbocycles. The molecule has 0 bridgehead atoms. The molecule has 3 N–H and O–H groups in total. The van der Waals surface area contributed by atoms with E-state index in [0.717, 1.165) is 94.7 Å². The van der Waals surface area contributed by atoms with Crippen molar-refractivity contribution in [2.45, 2.75) is 213 Å². The number of aliphatic hydroxyl groups excluding tert-OH is 3. The number of Topliss-reactive ketones (excluding diaryl/α,β-unsaturated/α-hetero) is 3. The van der Waals surface area contributed by atoms with E-state index in [0.29, 0.717) is 51.4 Å². The summed E-state index contributed by atoms with van der Waals surface area (Å²) in [6.07, 6.45) is 23.1. The average molecular weight is 1890 g/mol. The number of esters is 3. The molecule has 9 saturated carbocycles. The fraction of sp³-hybridized carbons (Fsp3) is 0.481. The molecular formula is C104H110ClN3O18S5. The highest BCUT2D eigenvalue weighted by Gasteiger charge is 2.78. The number of carbonyl (C=O) groups excluding carboxylic acids is 9. The minimum absolute atomic E-state index is 0. The number of carbonyl (C=O) groups is 9. The highest BCUT2D eigenvalue weighted by atomic mass is 35.5. The van der Waals surface area contributed by atoms with Gasteiger partial charge < -0.3 is 42.8 Å². The lowest BCUT2D eigenvalue weighted by Crippen LogP contribution is -2.69. The molecule has 21 rings (SSSR count). The number of benzene rings is 3. The SMILES string of the molecule is C.CC12CCC(=O)C=C1CCC1C2[C@@H](O)CC2(C)C1CC[C@]2(OC(=O)c1ccco1)C(=O)CSc1nc2ccccc2s1.C[C@@H]1CC2C3CCC4=CC(=O)C=CC4(C)C3[C@@H](O)CC2(C)[C@@]1(OC(=O)c1ccco1)C(=O)CSc1ccc2ccccc2n1.C[C@@H]1CC2C3CCC4=CC(=O)C=CC4(C)[C@@]3(Cl)[C@@H](O)CC2(C)[C@@]1(OC(=O)c1ccco1)C(=O)CSc1nc2ccccc2s1. The van der Waals surface area contributed by atoms with Crippen molar-refractivity contribution in [3.8, 4) is 0 Å². The number of thioether (sulfide) groups is 3. The van der Waals surface area contributed by atoms with Crippen LogP contribution in [0.4, 0.5) is 0 Å². The molecule has 686 valence electrons. The first kappa shape index (κ1) is 92.5. The van der Waals surface area contributed by atoms with Crippen LogP contribution < -0.4 is 0 Å². The number of hydrogen-bond acceptors (Lipinski definition) is 26. The van der Waals surface area contributed by atoms with E-state index >= 15 is 0 Å². The van der Waals surface area contributed by atoms with Crippen molar-refractivity contribution < 1.29 is 85.9 Å². The summed E-state index contributed by atoms with van der Waals surface area (Å²) in [6, 6.07) is 37.0. The Morgan fingerprint density at radius 1 is 0.489 bits per heavy atom. The zero-order chi connectivity index (χ0) is 91.2. The fourth-order valence-electron chi connectivity index (χ4n) is 27.7. The molecule has 27 heteroatoms. The topological polar surface area (TPSA) is 320 Å². The van der Waals surface area contributed by atoms with Crippen molar-refractivity contribution in [1.82, 2.24) is 15.0 Å². The molecule has 12 aliphatic carbocycles. The van der Waals surface area contributed by atoms with Crippen molar-refractivity contribution in [2.24, 2.45) is 91.7 Å². The second kappa shape index (κ2) is 34.7. The number of allylic oxidation sites excluding steroid dienone is 9. The van der Waals surface area contributed by atoms with Gasteiger partial charge in [-0.3, -0.25) is 28.8 Å². The van der Waals surface area contributed by atoms with Gasteiger partial charge in [0.1, 0.15) is 0 Å². The number of hydrogen-bond donors (Lipinski definition) is 3. The molecule has 131 heavy (non-hydrogen) atoms. The summed E-state index contributed by atoms with van der Waals surface area (Å²) < 4.78 is 39.0. The average Bonchev–Trinajstić information content (AvgIpc) is 1.63. The largest absolute Gasteiger partial charge is 0.457 e. The number of fused-ring (bicyclic) bond motifs is 18. The number of ketones is 6. The molecule has 0 amide bonds. The van der Waals surface area contributed by atoms with Gasteiger partial charge in [0.2, 0.25) is 17.3 Å². The number of pyridine rings is 1. The van der Waals surface area contributed by atoms with Gasteiger partial charge in [-0.15, -0.1) is 34.3 Å². The number of para-hydroxylation sites is 3. The summed E-state index contributed by atoms with van der Waals surface area (Å²) in [7, 11) is 0. The normalized spacial score (nSPS) is 36.1. The highest BCUT2D eigenvalue weighted by Crippen LogP contribution is 2.75. The third-order valence-electron chi connectivity index (χ3n) is 33.6. The Labute approximate surface area is 787 Å². The minimum atomic E-state index is -1.53. The number of ether oxygens (including phenoxy) is 3. The maximum atomic E-state index is 14.7. The van der Waals surface area contributed by atoms with Crippen LogP contribution in [-0.4, -0.2) is 140 Å². The van der Waals surface area contributed by atoms with Crippen LogP contribution in [0.15, 0.2) is 226 Å². The first-order valence-electron chi connectivity index (χ1n) is 45.4. The van der Waals surface area contributed by atoms with Gasteiger partial charge in [0.25, 0.3) is 0 Å². The summed E-state index contributed by atoms with van der Waals surface area (Å²) >= 11 is 14.8. The molecule has 6 aromatic heterocycles. The lowest BCUT2D eigenvalue weighted by molar-refractivity contribution is -0.181. The molecule has 6 heterocycles. The van der Waals surface area contributed by atoms with Gasteiger partial charge in [-0.1, -0.05) is 176 Å². The predicted octanol–water partition coefficient (Wildman–Crippen LogP) is 20.9. The maximum Gasteiger partial charge on any atom is 0.375 e. The first-order chi connectivity index (χ1) is 62.1. The smallest absolute Gasteiger partial charge is 0.375 e. The lowest BCUT2D eigenvalue weighted by Gasteiger charge is -2.64. The van der Waals surface area contributed by atoms with E-state index in [-0.39, 0.29) is 148 Å². The van der Waals surface area contributed by atoms with E-state index in [4.69, 9.17) is 49.0 Å². The molecule has 0 saturated heterocycles. The monoisotopic (exact) mass is 1880 g/mol. The Hall–Kier alpha value is -8.96. The summed E-state index contributed by atoms with van der Waals surface area (Å²) in [6.45, 7) is 16.4. The molecule has 0 aliphatic heterocycles. The van der Waals surface area contributed by atoms with Crippen LogP contribution in [0.25, 0.3) is 31.3 Å². The van der Waals surface area contributed by atoms with Crippen molar-refractivity contribution in [3.63, 3.8) is 0 Å². The summed E-state index contributed by atoms with van der Waals surface area (Å²) in [4.78, 5) is 134. The van der Waals surface area contributed by atoms with E-state index in [2.05, 4.69) is 25.8 Å². The first-order valence-corrected chi connectivity index (χ1v) is 50.3. The maximum absolute atomic E-state index is 14.7. The number of thiazole rings is 2. The van der Waals surface area contributed by atoms with Gasteiger partial charge in [0.05, 0.1) is 90.2 Å². The van der Waals surface area contributed by atoms with Crippen molar-refractivity contribution in [2.75, 3.05) is 17.3 Å². The van der Waals surface area contributed by atoms with Gasteiger partial charge in [0, 0.05) is 56.6 Å². The second-order valence-corrected chi connectivity index (χ2v) is 45.8. The Kier molecular flexibility index (Phi) is 24.5. The molecule has 14 unspecified atom stereocenters. The second-order valence-electron chi connectivity index (χ2n) is 39.6. The number of nitrogens with zero attached hydrogens (tertiary/aromatic N) is 3. The Bertz CT molecular complexity index is 6150. The van der Waals surface area contributed by atoms with Crippen LogP contribution in [0.2, 0.25) is 0 Å². The molecule has 23 atom stereocenters. The molecule has 21 nitrogen and oxygen atoms in total. The molecule has 12 aliphatic rings. The van der Waals surface area contributed by atoms with Gasteiger partial charge in [-0.05, 0) is 240 Å². The van der Waals surface area contributed by atoms with E-state index in [1.807, 2.05) is 138 Å². The van der Waals surface area contributed by atoms with E-state index in [1.165, 1.54) is 77.1 Å². The Morgan fingerprint density at radius 3 is 1.59 bits per heavy atom. The Morgan fingerprint density at radius 2 is 0.992 bits per heavy atom. The van der Waals surface area contributed by atoms with Crippen LogP contribution >= 0.6 is 69.6 Å². The standard InChI is InChI=1S/C36H37NO6S.C34H34ClNO6S2.C33H35NO6S2.CH4/c1-21-17-26-25-12-11-23-18-24(38)14-15-34(23,2)32(25)28(39)19-35(26,3)36(21,43-33(41)29-9-6-16-42-29)30(40)20-44-31-13-10-22-7-4-5-8-27(22)37-31;1-19-15-23-22-11-10-20-16-21(37)12-13-31(20,2)33(22,35)27(38)17-32(23,3)34(19,42-29(40)25-8-6-14-41-25)28(39)18-43-30-36-24-7-4-5-9-26(24)44-30;1-31-13-11-20(35)16-19(31)9-10-21-22-12-14-33(32(22,2)17-24(36)28(21)31,40-29(38)25-7-5-15-39-25)27(37)18-41-30-34-23-6-3-4-8-26(23)42-30;/h4-10,13-16,18,21,25-26,28,32,39H,11-12,17,19-20H2,1-3H3;4-9,12-14,16,19,22-23,27,38H,10-11,15,17-18H2,1-3H3;3-8,15-16,21-22,24,28,36H,9-14,17-18H2,1-2H3;1H4/t21-,25?,26?,28+,32?,34?,35?,36+;19-,22?,23?,27+,31?,32?,33+,34+;21?,22?,24-,28?,31?,32?,33-;/m110./s1. The summed E-state index contributed by atoms with van der Waals surface area (Å²) in [5.41, 5.74) is -2.44.